The van der Waals surface area contributed by atoms with Gasteiger partial charge in [0.15, 0.2) is 0 Å². The molecule has 1 aromatic heterocycles. The molecule has 0 spiro atoms. The van der Waals surface area contributed by atoms with Crippen LogP contribution in [0.2, 0.25) is 0 Å². The molecule has 0 bridgehead atoms. The Hall–Kier alpha value is -2.45. The number of morpholine rings is 1. The lowest BCUT2D eigenvalue weighted by molar-refractivity contribution is -0.134. The third-order valence-electron chi connectivity index (χ3n) is 6.22. The summed E-state index contributed by atoms with van der Waals surface area (Å²) in [7, 11) is 0. The molecule has 2 saturated heterocycles. The summed E-state index contributed by atoms with van der Waals surface area (Å²) in [5.74, 6) is 0.659. The number of rotatable bonds is 7. The van der Waals surface area contributed by atoms with E-state index in [0.29, 0.717) is 51.0 Å². The normalized spacial score (nSPS) is 21.5. The molecule has 5 rings (SSSR count). The second-order valence-corrected chi connectivity index (χ2v) is 8.55. The maximum Gasteiger partial charge on any atom is 0.233 e. The van der Waals surface area contributed by atoms with Crippen molar-refractivity contribution in [2.45, 2.75) is 38.3 Å². The van der Waals surface area contributed by atoms with Gasteiger partial charge in [0.25, 0.3) is 0 Å². The van der Waals surface area contributed by atoms with Crippen LogP contribution in [-0.4, -0.2) is 61.5 Å². The van der Waals surface area contributed by atoms with Crippen molar-refractivity contribution < 1.29 is 23.2 Å². The molecular weight excluding hydrogens is 401 g/mol. The number of ether oxygens (including phenoxy) is 2. The lowest BCUT2D eigenvalue weighted by Gasteiger charge is -2.29. The average molecular weight is 429 g/mol. The van der Waals surface area contributed by atoms with Crippen molar-refractivity contribution in [3.8, 4) is 11.3 Å². The van der Waals surface area contributed by atoms with E-state index in [1.165, 1.54) is 12.1 Å². The number of carbonyl (C=O) groups excluding carboxylic acids is 1. The summed E-state index contributed by atoms with van der Waals surface area (Å²) in [6.07, 6.45) is 3.98. The van der Waals surface area contributed by atoms with E-state index in [4.69, 9.17) is 14.0 Å². The first kappa shape index (κ1) is 20.5. The lowest BCUT2D eigenvalue weighted by atomic mass is 10.1. The van der Waals surface area contributed by atoms with E-state index >= 15 is 0 Å². The van der Waals surface area contributed by atoms with E-state index in [1.807, 2.05) is 4.90 Å². The Balaban J connectivity index is 1.48. The fourth-order valence-corrected chi connectivity index (χ4v) is 4.34. The smallest absolute Gasteiger partial charge is 0.233 e. The SMILES string of the molecule is O=C(C1CC1)N(Cc1c(-c2ccc(F)cc2)noc1N1CCOCC1)C[C@@H]1CCCO1. The zero-order valence-electron chi connectivity index (χ0n) is 17.6. The highest BCUT2D eigenvalue weighted by molar-refractivity contribution is 5.81. The summed E-state index contributed by atoms with van der Waals surface area (Å²) >= 11 is 0. The van der Waals surface area contributed by atoms with E-state index in [2.05, 4.69) is 10.1 Å². The first-order valence-corrected chi connectivity index (χ1v) is 11.2. The van der Waals surface area contributed by atoms with Gasteiger partial charge in [-0.3, -0.25) is 4.79 Å². The summed E-state index contributed by atoms with van der Waals surface area (Å²) in [5.41, 5.74) is 2.29. The van der Waals surface area contributed by atoms with Crippen LogP contribution in [0.5, 0.6) is 0 Å². The summed E-state index contributed by atoms with van der Waals surface area (Å²) in [6.45, 7) is 4.37. The highest BCUT2D eigenvalue weighted by Gasteiger charge is 2.36. The van der Waals surface area contributed by atoms with E-state index in [0.717, 1.165) is 43.4 Å². The van der Waals surface area contributed by atoms with Gasteiger partial charge in [0.05, 0.1) is 31.4 Å². The number of amides is 1. The molecule has 0 radical (unpaired) electrons. The van der Waals surface area contributed by atoms with Gasteiger partial charge in [0.1, 0.15) is 11.5 Å². The van der Waals surface area contributed by atoms with Crippen LogP contribution in [0.3, 0.4) is 0 Å². The van der Waals surface area contributed by atoms with Crippen molar-refractivity contribution in [1.29, 1.82) is 0 Å². The molecule has 0 unspecified atom stereocenters. The van der Waals surface area contributed by atoms with Crippen LogP contribution in [0.4, 0.5) is 10.3 Å². The molecule has 7 nitrogen and oxygen atoms in total. The standard InChI is InChI=1S/C23H28FN3O4/c24-18-7-5-16(6-8-18)21-20(23(31-25-21)26-9-12-29-13-10-26)15-27(22(28)17-3-4-17)14-19-2-1-11-30-19/h5-8,17,19H,1-4,9-15H2/t19-/m0/s1. The molecule has 31 heavy (non-hydrogen) atoms. The van der Waals surface area contributed by atoms with Gasteiger partial charge in [0, 0.05) is 37.7 Å². The third kappa shape index (κ3) is 4.60. The Labute approximate surface area is 181 Å². The molecule has 2 aromatic rings. The van der Waals surface area contributed by atoms with E-state index in [-0.39, 0.29) is 23.7 Å². The quantitative estimate of drug-likeness (QED) is 0.673. The van der Waals surface area contributed by atoms with Gasteiger partial charge in [0.2, 0.25) is 11.8 Å². The monoisotopic (exact) mass is 429 g/mol. The molecule has 166 valence electrons. The molecular formula is C23H28FN3O4. The van der Waals surface area contributed by atoms with Crippen molar-refractivity contribution >= 4 is 11.8 Å². The highest BCUT2D eigenvalue weighted by atomic mass is 19.1. The summed E-state index contributed by atoms with van der Waals surface area (Å²) in [4.78, 5) is 17.2. The van der Waals surface area contributed by atoms with Crippen LogP contribution in [0.15, 0.2) is 28.8 Å². The maximum absolute atomic E-state index is 13.5. The van der Waals surface area contributed by atoms with Crippen molar-refractivity contribution in [3.05, 3.63) is 35.6 Å². The molecule has 3 heterocycles. The second-order valence-electron chi connectivity index (χ2n) is 8.55. The first-order valence-electron chi connectivity index (χ1n) is 11.2. The summed E-state index contributed by atoms with van der Waals surface area (Å²) < 4.78 is 30.6. The second kappa shape index (κ2) is 8.96. The predicted octanol–water partition coefficient (Wildman–Crippen LogP) is 3.23. The van der Waals surface area contributed by atoms with Crippen molar-refractivity contribution in [2.75, 3.05) is 44.4 Å². The Morgan fingerprint density at radius 2 is 1.90 bits per heavy atom. The minimum atomic E-state index is -0.300. The first-order chi connectivity index (χ1) is 15.2. The molecule has 2 aliphatic heterocycles. The number of halogens is 1. The summed E-state index contributed by atoms with van der Waals surface area (Å²) in [6, 6.07) is 6.24. The summed E-state index contributed by atoms with van der Waals surface area (Å²) in [5, 5.41) is 4.35. The molecule has 1 atom stereocenters. The number of nitrogens with zero attached hydrogens (tertiary/aromatic N) is 3. The Morgan fingerprint density at radius 3 is 2.58 bits per heavy atom. The van der Waals surface area contributed by atoms with Crippen LogP contribution >= 0.6 is 0 Å². The Kier molecular flexibility index (Phi) is 5.91. The van der Waals surface area contributed by atoms with Crippen molar-refractivity contribution in [1.82, 2.24) is 10.1 Å². The van der Waals surface area contributed by atoms with Crippen LogP contribution < -0.4 is 4.90 Å². The molecule has 3 aliphatic rings. The van der Waals surface area contributed by atoms with E-state index in [1.54, 1.807) is 12.1 Å². The van der Waals surface area contributed by atoms with Gasteiger partial charge >= 0.3 is 0 Å². The largest absolute Gasteiger partial charge is 0.378 e. The van der Waals surface area contributed by atoms with Gasteiger partial charge in [-0.1, -0.05) is 5.16 Å². The molecule has 1 aliphatic carbocycles. The molecule has 0 N–H and O–H groups in total. The number of carbonyl (C=O) groups is 1. The van der Waals surface area contributed by atoms with Gasteiger partial charge in [-0.05, 0) is 49.9 Å². The average Bonchev–Trinajstić information content (AvgIpc) is 3.37. The fourth-order valence-electron chi connectivity index (χ4n) is 4.34. The number of benzene rings is 1. The van der Waals surface area contributed by atoms with E-state index < -0.39 is 0 Å². The van der Waals surface area contributed by atoms with Crippen molar-refractivity contribution in [2.24, 2.45) is 5.92 Å². The van der Waals surface area contributed by atoms with Gasteiger partial charge in [-0.2, -0.15) is 0 Å². The number of hydrogen-bond donors (Lipinski definition) is 0. The van der Waals surface area contributed by atoms with Crippen LogP contribution in [0.1, 0.15) is 31.2 Å². The predicted molar refractivity (Wildman–Crippen MR) is 112 cm³/mol. The highest BCUT2D eigenvalue weighted by Crippen LogP contribution is 2.36. The Bertz CT molecular complexity index is 900. The van der Waals surface area contributed by atoms with Crippen LogP contribution in [0.25, 0.3) is 11.3 Å². The Morgan fingerprint density at radius 1 is 1.13 bits per heavy atom. The van der Waals surface area contributed by atoms with Crippen molar-refractivity contribution in [3.63, 3.8) is 0 Å². The third-order valence-corrected chi connectivity index (χ3v) is 6.22. The van der Waals surface area contributed by atoms with Crippen LogP contribution in [-0.2, 0) is 20.8 Å². The molecule has 3 fully saturated rings. The van der Waals surface area contributed by atoms with Gasteiger partial charge in [-0.15, -0.1) is 0 Å². The fraction of sp³-hybridized carbons (Fsp3) is 0.565. The minimum Gasteiger partial charge on any atom is -0.378 e. The molecule has 1 saturated carbocycles. The molecule has 1 amide bonds. The zero-order chi connectivity index (χ0) is 21.2. The number of anilines is 1. The van der Waals surface area contributed by atoms with Gasteiger partial charge in [-0.25, -0.2) is 4.39 Å². The number of hydrogen-bond acceptors (Lipinski definition) is 6. The molecule has 8 heteroatoms. The number of aromatic nitrogens is 1. The van der Waals surface area contributed by atoms with E-state index in [9.17, 15) is 9.18 Å². The lowest BCUT2D eigenvalue weighted by Crippen LogP contribution is -2.39. The topological polar surface area (TPSA) is 68.0 Å². The molecule has 1 aromatic carbocycles. The maximum atomic E-state index is 13.5. The van der Waals surface area contributed by atoms with Crippen LogP contribution in [0, 0.1) is 11.7 Å². The minimum absolute atomic E-state index is 0.0728. The zero-order valence-corrected chi connectivity index (χ0v) is 17.6. The van der Waals surface area contributed by atoms with Gasteiger partial charge < -0.3 is 23.8 Å².